The van der Waals surface area contributed by atoms with Crippen LogP contribution in [0.4, 0.5) is 5.69 Å². The van der Waals surface area contributed by atoms with Gasteiger partial charge in [0.15, 0.2) is 0 Å². The van der Waals surface area contributed by atoms with Gasteiger partial charge in [0.2, 0.25) is 0 Å². The van der Waals surface area contributed by atoms with Gasteiger partial charge in [0.25, 0.3) is 15.6 Å². The monoisotopic (exact) mass is 560 g/mol. The number of allylic oxidation sites excluding steroid dienone is 1. The summed E-state index contributed by atoms with van der Waals surface area (Å²) in [5.74, 6) is 0.0813. The number of pyridine rings is 1. The van der Waals surface area contributed by atoms with E-state index in [9.17, 15) is 22.8 Å². The number of anilines is 1. The molecule has 0 unspecified atom stereocenters. The average Bonchev–Trinajstić information content (AvgIpc) is 2.94. The molecule has 2 heterocycles. The Morgan fingerprint density at radius 2 is 1.70 bits per heavy atom. The van der Waals surface area contributed by atoms with Crippen molar-refractivity contribution >= 4 is 32.4 Å². The van der Waals surface area contributed by atoms with Crippen molar-refractivity contribution in [3.05, 3.63) is 111 Å². The van der Waals surface area contributed by atoms with Crippen molar-refractivity contribution < 1.29 is 13.2 Å². The maximum atomic E-state index is 13.9. The van der Waals surface area contributed by atoms with Crippen LogP contribution in [0.25, 0.3) is 10.9 Å². The molecule has 9 nitrogen and oxygen atoms in total. The Morgan fingerprint density at radius 1 is 0.975 bits per heavy atom. The second-order valence-electron chi connectivity index (χ2n) is 9.95. The van der Waals surface area contributed by atoms with Gasteiger partial charge in [-0.05, 0) is 67.8 Å². The van der Waals surface area contributed by atoms with Crippen LogP contribution in [0.5, 0.6) is 0 Å². The first kappa shape index (κ1) is 28.7. The number of carbonyl (C=O) groups is 1. The minimum atomic E-state index is -4.09. The Kier molecular flexibility index (Phi) is 8.49. The van der Waals surface area contributed by atoms with Crippen LogP contribution >= 0.6 is 0 Å². The number of benzene rings is 2. The van der Waals surface area contributed by atoms with Gasteiger partial charge in [-0.2, -0.15) is 0 Å². The third-order valence-corrected chi connectivity index (χ3v) is 8.52. The number of ketones is 1. The van der Waals surface area contributed by atoms with E-state index in [1.165, 1.54) is 41.2 Å². The maximum Gasteiger partial charge on any atom is 0.330 e. The van der Waals surface area contributed by atoms with Crippen molar-refractivity contribution in [2.45, 2.75) is 38.0 Å². The molecule has 10 heteroatoms. The summed E-state index contributed by atoms with van der Waals surface area (Å²) in [4.78, 5) is 41.6. The van der Waals surface area contributed by atoms with Crippen molar-refractivity contribution in [3.63, 3.8) is 0 Å². The number of carbonyl (C=O) groups excluding carboxylic acids is 1. The Balaban J connectivity index is 1.63. The number of rotatable bonds is 10. The number of Topliss-reactive ketones (excluding diaryl/α,β-unsaturated/α-hetero) is 1. The molecule has 0 aliphatic rings. The van der Waals surface area contributed by atoms with Crippen LogP contribution in [0.3, 0.4) is 0 Å². The lowest BCUT2D eigenvalue weighted by Gasteiger charge is -2.24. The molecule has 2 aromatic heterocycles. The van der Waals surface area contributed by atoms with Gasteiger partial charge >= 0.3 is 5.69 Å². The number of hydrogen-bond acceptors (Lipinski definition) is 6. The maximum absolute atomic E-state index is 13.9. The van der Waals surface area contributed by atoms with Crippen molar-refractivity contribution in [3.8, 4) is 0 Å². The molecule has 0 atom stereocenters. The van der Waals surface area contributed by atoms with Crippen molar-refractivity contribution in [1.29, 1.82) is 0 Å². The highest BCUT2D eigenvalue weighted by Crippen LogP contribution is 2.26. The van der Waals surface area contributed by atoms with E-state index in [2.05, 4.69) is 4.98 Å². The number of nitrogens with zero attached hydrogens (tertiary/aromatic N) is 4. The summed E-state index contributed by atoms with van der Waals surface area (Å²) < 4.78 is 31.3. The molecule has 0 amide bonds. The second-order valence-corrected chi connectivity index (χ2v) is 11.8. The normalized spacial score (nSPS) is 11.4. The quantitative estimate of drug-likeness (QED) is 0.274. The van der Waals surface area contributed by atoms with Gasteiger partial charge in [-0.25, -0.2) is 13.2 Å². The fourth-order valence-electron chi connectivity index (χ4n) is 4.40. The summed E-state index contributed by atoms with van der Waals surface area (Å²) in [5.41, 5.74) is 2.45. The lowest BCUT2D eigenvalue weighted by atomic mass is 10.0. The van der Waals surface area contributed by atoms with Crippen LogP contribution in [-0.4, -0.2) is 34.9 Å². The van der Waals surface area contributed by atoms with E-state index < -0.39 is 21.3 Å². The molecule has 0 aliphatic heterocycles. The third kappa shape index (κ3) is 6.12. The van der Waals surface area contributed by atoms with Gasteiger partial charge in [0.1, 0.15) is 5.78 Å². The van der Waals surface area contributed by atoms with Gasteiger partial charge in [-0.1, -0.05) is 29.8 Å². The molecule has 4 rings (SSSR count). The SMILES string of the molecule is CC(C)=CCN(c1ccc(CC(=O)CCc2cccnc2)cc1)S(=O)(=O)c1ccc2c(c1)c(=O)n(C)c(=O)n2C. The predicted octanol–water partition coefficient (Wildman–Crippen LogP) is 3.54. The van der Waals surface area contributed by atoms with E-state index in [0.29, 0.717) is 24.0 Å². The highest BCUT2D eigenvalue weighted by Gasteiger charge is 2.25. The smallest absolute Gasteiger partial charge is 0.299 e. The lowest BCUT2D eigenvalue weighted by molar-refractivity contribution is -0.118. The van der Waals surface area contributed by atoms with E-state index in [0.717, 1.165) is 21.3 Å². The minimum absolute atomic E-state index is 0.0624. The standard InChI is InChI=1S/C30H32N4O5S/c1-21(2)15-17-34(24-10-7-22(8-11-24)18-25(35)12-9-23-6-5-16-31-20-23)40(38,39)26-13-14-28-27(19-26)29(36)33(4)30(37)32(28)3/h5-8,10-11,13-16,19-20H,9,12,17-18H2,1-4H3. The number of hydrogen-bond donors (Lipinski definition) is 0. The number of sulfonamides is 1. The first-order chi connectivity index (χ1) is 19.0. The zero-order valence-electron chi connectivity index (χ0n) is 23.0. The second kappa shape index (κ2) is 11.8. The van der Waals surface area contributed by atoms with Gasteiger partial charge < -0.3 is 0 Å². The first-order valence-corrected chi connectivity index (χ1v) is 14.3. The highest BCUT2D eigenvalue weighted by molar-refractivity contribution is 7.92. The molecule has 4 aromatic rings. The summed E-state index contributed by atoms with van der Waals surface area (Å²) in [5, 5.41) is 0.132. The molecule has 0 spiro atoms. The number of fused-ring (bicyclic) bond motifs is 1. The Hall–Kier alpha value is -4.31. The zero-order valence-corrected chi connectivity index (χ0v) is 23.8. The van der Waals surface area contributed by atoms with Crippen LogP contribution in [0, 0.1) is 0 Å². The molecule has 0 radical (unpaired) electrons. The molecule has 208 valence electrons. The van der Waals surface area contributed by atoms with E-state index >= 15 is 0 Å². The molecule has 40 heavy (non-hydrogen) atoms. The summed E-state index contributed by atoms with van der Waals surface area (Å²) in [7, 11) is -1.20. The van der Waals surface area contributed by atoms with E-state index in [1.54, 1.807) is 42.7 Å². The van der Waals surface area contributed by atoms with Gasteiger partial charge in [0.05, 0.1) is 28.0 Å². The van der Waals surface area contributed by atoms with Crippen molar-refractivity contribution in [2.24, 2.45) is 14.1 Å². The fraction of sp³-hybridized carbons (Fsp3) is 0.267. The molecule has 0 aliphatic carbocycles. The van der Waals surface area contributed by atoms with Crippen LogP contribution < -0.4 is 15.6 Å². The Bertz CT molecular complexity index is 1800. The average molecular weight is 561 g/mol. The zero-order chi connectivity index (χ0) is 29.0. The van der Waals surface area contributed by atoms with Crippen molar-refractivity contribution in [2.75, 3.05) is 10.8 Å². The first-order valence-electron chi connectivity index (χ1n) is 12.8. The fourth-order valence-corrected chi connectivity index (χ4v) is 5.83. The third-order valence-electron chi connectivity index (χ3n) is 6.73. The summed E-state index contributed by atoms with van der Waals surface area (Å²) >= 11 is 0. The van der Waals surface area contributed by atoms with Crippen molar-refractivity contribution in [1.82, 2.24) is 14.1 Å². The number of aryl methyl sites for hydroxylation is 2. The Morgan fingerprint density at radius 3 is 2.35 bits per heavy atom. The molecule has 2 aromatic carbocycles. The molecule has 0 N–H and O–H groups in total. The Labute approximate surface area is 233 Å². The van der Waals surface area contributed by atoms with Crippen LogP contribution in [0.1, 0.15) is 31.4 Å². The molecular formula is C30H32N4O5S. The minimum Gasteiger partial charge on any atom is -0.299 e. The largest absolute Gasteiger partial charge is 0.330 e. The van der Waals surface area contributed by atoms with Crippen LogP contribution in [0.2, 0.25) is 0 Å². The van der Waals surface area contributed by atoms with E-state index in [4.69, 9.17) is 0 Å². The number of aromatic nitrogens is 3. The van der Waals surface area contributed by atoms with E-state index in [1.807, 2.05) is 26.0 Å². The lowest BCUT2D eigenvalue weighted by Crippen LogP contribution is -2.37. The highest BCUT2D eigenvalue weighted by atomic mass is 32.2. The molecule has 0 fully saturated rings. The van der Waals surface area contributed by atoms with E-state index in [-0.39, 0.29) is 29.0 Å². The summed E-state index contributed by atoms with van der Waals surface area (Å²) in [6, 6.07) is 14.9. The molecular weight excluding hydrogens is 528 g/mol. The molecule has 0 saturated carbocycles. The summed E-state index contributed by atoms with van der Waals surface area (Å²) in [6.45, 7) is 3.84. The predicted molar refractivity (Wildman–Crippen MR) is 156 cm³/mol. The van der Waals surface area contributed by atoms with Gasteiger partial charge in [0, 0.05) is 39.3 Å². The topological polar surface area (TPSA) is 111 Å². The van der Waals surface area contributed by atoms with Gasteiger partial charge in [-0.15, -0.1) is 0 Å². The summed E-state index contributed by atoms with van der Waals surface area (Å²) in [6.07, 6.45) is 6.49. The molecule has 0 saturated heterocycles. The van der Waals surface area contributed by atoms with Crippen LogP contribution in [-0.2, 0) is 41.8 Å². The van der Waals surface area contributed by atoms with Gasteiger partial charge in [-0.3, -0.25) is 28.0 Å². The van der Waals surface area contributed by atoms with Crippen LogP contribution in [0.15, 0.2) is 93.1 Å². The molecule has 0 bridgehead atoms.